The van der Waals surface area contributed by atoms with E-state index in [1.54, 1.807) is 6.07 Å². The van der Waals surface area contributed by atoms with Crippen molar-refractivity contribution in [1.82, 2.24) is 5.32 Å². The van der Waals surface area contributed by atoms with Gasteiger partial charge in [-0.15, -0.1) is 0 Å². The van der Waals surface area contributed by atoms with E-state index in [0.717, 1.165) is 46.5 Å². The predicted octanol–water partition coefficient (Wildman–Crippen LogP) is 4.54. The van der Waals surface area contributed by atoms with E-state index < -0.39 is 0 Å². The van der Waals surface area contributed by atoms with Crippen molar-refractivity contribution in [3.05, 3.63) is 69.1 Å². The van der Waals surface area contributed by atoms with Crippen LogP contribution < -0.4 is 20.4 Å². The van der Waals surface area contributed by atoms with E-state index in [2.05, 4.69) is 17.4 Å². The summed E-state index contributed by atoms with van der Waals surface area (Å²) < 4.78 is 16.8. The van der Waals surface area contributed by atoms with Gasteiger partial charge in [0, 0.05) is 18.0 Å². The molecule has 0 saturated heterocycles. The van der Waals surface area contributed by atoms with Crippen LogP contribution in [0.2, 0.25) is 0 Å². The standard InChI is InChI=1S/C24H29NO4/c1-5-27-21-10-8-18(13-22(21)28-6-2)11-12-25-15-19-14-23(26)29-24-17(4)16(3)7-9-20(19)24/h7-10,13-14,25H,5-6,11-12,15H2,1-4H3. The zero-order chi connectivity index (χ0) is 20.8. The van der Waals surface area contributed by atoms with Crippen LogP contribution >= 0.6 is 0 Å². The Morgan fingerprint density at radius 3 is 2.48 bits per heavy atom. The summed E-state index contributed by atoms with van der Waals surface area (Å²) >= 11 is 0. The molecule has 5 heteroatoms. The monoisotopic (exact) mass is 395 g/mol. The predicted molar refractivity (Wildman–Crippen MR) is 116 cm³/mol. The quantitative estimate of drug-likeness (QED) is 0.426. The summed E-state index contributed by atoms with van der Waals surface area (Å²) in [6, 6.07) is 11.7. The molecule has 0 aliphatic rings. The highest BCUT2D eigenvalue weighted by molar-refractivity contribution is 5.83. The number of rotatable bonds is 9. The number of nitrogens with one attached hydrogen (secondary N) is 1. The second-order valence-corrected chi connectivity index (χ2v) is 7.05. The first kappa shape index (κ1) is 20.9. The molecule has 0 amide bonds. The lowest BCUT2D eigenvalue weighted by molar-refractivity contribution is 0.287. The number of benzene rings is 2. The molecule has 0 atom stereocenters. The molecule has 1 aromatic heterocycles. The zero-order valence-electron chi connectivity index (χ0n) is 17.6. The SMILES string of the molecule is CCOc1ccc(CCNCc2cc(=O)oc3c(C)c(C)ccc23)cc1OCC. The van der Waals surface area contributed by atoms with E-state index in [0.29, 0.717) is 25.3 Å². The maximum Gasteiger partial charge on any atom is 0.336 e. The highest BCUT2D eigenvalue weighted by Gasteiger charge is 2.10. The second-order valence-electron chi connectivity index (χ2n) is 7.05. The Labute approximate surface area is 171 Å². The van der Waals surface area contributed by atoms with E-state index in [1.165, 1.54) is 5.56 Å². The van der Waals surface area contributed by atoms with Crippen LogP contribution in [0.3, 0.4) is 0 Å². The number of ether oxygens (including phenoxy) is 2. The first-order valence-electron chi connectivity index (χ1n) is 10.2. The number of hydrogen-bond donors (Lipinski definition) is 1. The van der Waals surface area contributed by atoms with Gasteiger partial charge < -0.3 is 19.2 Å². The zero-order valence-corrected chi connectivity index (χ0v) is 17.6. The van der Waals surface area contributed by atoms with Gasteiger partial charge in [-0.05, 0) is 75.0 Å². The molecule has 29 heavy (non-hydrogen) atoms. The number of hydrogen-bond acceptors (Lipinski definition) is 5. The molecule has 0 saturated carbocycles. The molecule has 1 heterocycles. The molecule has 0 unspecified atom stereocenters. The van der Waals surface area contributed by atoms with Crippen LogP contribution in [0.1, 0.15) is 36.1 Å². The lowest BCUT2D eigenvalue weighted by Crippen LogP contribution is -2.18. The summed E-state index contributed by atoms with van der Waals surface area (Å²) in [7, 11) is 0. The van der Waals surface area contributed by atoms with Crippen LogP contribution in [0.4, 0.5) is 0 Å². The summed E-state index contributed by atoms with van der Waals surface area (Å²) in [6.07, 6.45) is 0.851. The molecule has 2 aromatic carbocycles. The third kappa shape index (κ3) is 4.98. The van der Waals surface area contributed by atoms with Crippen molar-refractivity contribution in [2.75, 3.05) is 19.8 Å². The fourth-order valence-electron chi connectivity index (χ4n) is 3.38. The fraction of sp³-hybridized carbons (Fsp3) is 0.375. The molecule has 0 aliphatic carbocycles. The minimum atomic E-state index is -0.309. The molecular formula is C24H29NO4. The molecule has 154 valence electrons. The normalized spacial score (nSPS) is 11.0. The van der Waals surface area contributed by atoms with Crippen molar-refractivity contribution in [3.8, 4) is 11.5 Å². The highest BCUT2D eigenvalue weighted by atomic mass is 16.5. The van der Waals surface area contributed by atoms with Crippen molar-refractivity contribution < 1.29 is 13.9 Å². The van der Waals surface area contributed by atoms with Gasteiger partial charge >= 0.3 is 5.63 Å². The summed E-state index contributed by atoms with van der Waals surface area (Å²) in [5.74, 6) is 1.56. The van der Waals surface area contributed by atoms with Crippen molar-refractivity contribution in [1.29, 1.82) is 0 Å². The number of aryl methyl sites for hydroxylation is 2. The van der Waals surface area contributed by atoms with Gasteiger partial charge in [0.05, 0.1) is 13.2 Å². The summed E-state index contributed by atoms with van der Waals surface area (Å²) in [5, 5.41) is 4.43. The van der Waals surface area contributed by atoms with Gasteiger partial charge in [-0.25, -0.2) is 4.79 Å². The molecule has 0 bridgehead atoms. The van der Waals surface area contributed by atoms with Crippen LogP contribution in [0.5, 0.6) is 11.5 Å². The van der Waals surface area contributed by atoms with E-state index in [-0.39, 0.29) is 5.63 Å². The minimum absolute atomic E-state index is 0.309. The Kier molecular flexibility index (Phi) is 6.94. The first-order valence-corrected chi connectivity index (χ1v) is 10.2. The minimum Gasteiger partial charge on any atom is -0.490 e. The molecule has 3 rings (SSSR count). The molecule has 0 fully saturated rings. The lowest BCUT2D eigenvalue weighted by Gasteiger charge is -2.13. The van der Waals surface area contributed by atoms with E-state index >= 15 is 0 Å². The van der Waals surface area contributed by atoms with Crippen molar-refractivity contribution in [2.45, 2.75) is 40.7 Å². The average Bonchev–Trinajstić information content (AvgIpc) is 2.70. The Morgan fingerprint density at radius 1 is 0.966 bits per heavy atom. The Balaban J connectivity index is 1.67. The smallest absolute Gasteiger partial charge is 0.336 e. The maximum absolute atomic E-state index is 12.0. The van der Waals surface area contributed by atoms with E-state index in [9.17, 15) is 4.79 Å². The summed E-state index contributed by atoms with van der Waals surface area (Å²) in [5.41, 5.74) is 4.64. The third-order valence-corrected chi connectivity index (χ3v) is 5.03. The van der Waals surface area contributed by atoms with Crippen LogP contribution in [0.25, 0.3) is 11.0 Å². The molecule has 1 N–H and O–H groups in total. The molecule has 0 radical (unpaired) electrons. The fourth-order valence-corrected chi connectivity index (χ4v) is 3.38. The van der Waals surface area contributed by atoms with E-state index in [4.69, 9.17) is 13.9 Å². The van der Waals surface area contributed by atoms with Crippen LogP contribution in [-0.4, -0.2) is 19.8 Å². The second kappa shape index (κ2) is 9.61. The van der Waals surface area contributed by atoms with Gasteiger partial charge in [-0.3, -0.25) is 0 Å². The van der Waals surface area contributed by atoms with Crippen LogP contribution in [0.15, 0.2) is 45.6 Å². The van der Waals surface area contributed by atoms with Crippen LogP contribution in [-0.2, 0) is 13.0 Å². The maximum atomic E-state index is 12.0. The first-order chi connectivity index (χ1) is 14.0. The average molecular weight is 395 g/mol. The topological polar surface area (TPSA) is 60.7 Å². The van der Waals surface area contributed by atoms with Gasteiger partial charge in [0.25, 0.3) is 0 Å². The van der Waals surface area contributed by atoms with E-state index in [1.807, 2.05) is 45.9 Å². The molecule has 5 nitrogen and oxygen atoms in total. The summed E-state index contributed by atoms with van der Waals surface area (Å²) in [4.78, 5) is 12.0. The molecule has 0 aliphatic heterocycles. The third-order valence-electron chi connectivity index (χ3n) is 5.03. The Hall–Kier alpha value is -2.79. The van der Waals surface area contributed by atoms with Gasteiger partial charge in [0.2, 0.25) is 0 Å². The molecular weight excluding hydrogens is 366 g/mol. The molecule has 3 aromatic rings. The number of fused-ring (bicyclic) bond motifs is 1. The van der Waals surface area contributed by atoms with Gasteiger partial charge in [-0.2, -0.15) is 0 Å². The summed E-state index contributed by atoms with van der Waals surface area (Å²) in [6.45, 7) is 10.5. The largest absolute Gasteiger partial charge is 0.490 e. The van der Waals surface area contributed by atoms with Gasteiger partial charge in [0.1, 0.15) is 5.58 Å². The highest BCUT2D eigenvalue weighted by Crippen LogP contribution is 2.28. The van der Waals surface area contributed by atoms with Gasteiger partial charge in [-0.1, -0.05) is 18.2 Å². The lowest BCUT2D eigenvalue weighted by atomic mass is 10.0. The Morgan fingerprint density at radius 2 is 1.72 bits per heavy atom. The Bertz CT molecular complexity index is 1040. The van der Waals surface area contributed by atoms with Crippen molar-refractivity contribution in [2.24, 2.45) is 0 Å². The van der Waals surface area contributed by atoms with Crippen molar-refractivity contribution >= 4 is 11.0 Å². The van der Waals surface area contributed by atoms with Crippen molar-refractivity contribution in [3.63, 3.8) is 0 Å². The van der Waals surface area contributed by atoms with Crippen LogP contribution in [0, 0.1) is 13.8 Å². The molecule has 0 spiro atoms. The van der Waals surface area contributed by atoms with Gasteiger partial charge in [0.15, 0.2) is 11.5 Å².